The van der Waals surface area contributed by atoms with Gasteiger partial charge in [-0.3, -0.25) is 0 Å². The fraction of sp³-hybridized carbons (Fsp3) is 0.185. The van der Waals surface area contributed by atoms with Gasteiger partial charge >= 0.3 is 0 Å². The third-order valence-corrected chi connectivity index (χ3v) is 6.61. The van der Waals surface area contributed by atoms with E-state index < -0.39 is 23.2 Å². The first kappa shape index (κ1) is 25.5. The minimum Gasteiger partial charge on any atom is -0.489 e. The van der Waals surface area contributed by atoms with Crippen LogP contribution in [0.15, 0.2) is 85.6 Å². The number of ether oxygens (including phenoxy) is 1. The molecule has 1 N–H and O–H groups in total. The van der Waals surface area contributed by atoms with Crippen LogP contribution in [-0.2, 0) is 18.8 Å². The fourth-order valence-electron chi connectivity index (χ4n) is 4.15. The second kappa shape index (κ2) is 10.7. The molecule has 2 atom stereocenters. The summed E-state index contributed by atoms with van der Waals surface area (Å²) in [6.45, 7) is 1.96. The molecular formula is C27H23ClF2N6O2. The van der Waals surface area contributed by atoms with Gasteiger partial charge in [-0.1, -0.05) is 41.9 Å². The zero-order valence-electron chi connectivity index (χ0n) is 20.2. The van der Waals surface area contributed by atoms with E-state index in [2.05, 4.69) is 20.4 Å². The van der Waals surface area contributed by atoms with Crippen molar-refractivity contribution < 1.29 is 18.6 Å². The normalized spacial score (nSPS) is 13.7. The lowest BCUT2D eigenvalue weighted by molar-refractivity contribution is -0.0123. The van der Waals surface area contributed by atoms with Crippen molar-refractivity contribution in [1.29, 1.82) is 0 Å². The van der Waals surface area contributed by atoms with E-state index in [0.29, 0.717) is 28.8 Å². The maximum atomic E-state index is 14.8. The molecule has 0 bridgehead atoms. The summed E-state index contributed by atoms with van der Waals surface area (Å²) in [4.78, 5) is 3.89. The van der Waals surface area contributed by atoms with Gasteiger partial charge in [0.1, 0.15) is 42.2 Å². The molecule has 2 heterocycles. The van der Waals surface area contributed by atoms with Gasteiger partial charge in [0.25, 0.3) is 0 Å². The van der Waals surface area contributed by atoms with Crippen molar-refractivity contribution in [2.75, 3.05) is 0 Å². The topological polar surface area (TPSA) is 90.9 Å². The maximum absolute atomic E-state index is 14.8. The molecule has 2 aromatic heterocycles. The van der Waals surface area contributed by atoms with Gasteiger partial charge in [-0.05, 0) is 48.0 Å². The average molecular weight is 537 g/mol. The quantitative estimate of drug-likeness (QED) is 0.283. The van der Waals surface area contributed by atoms with Crippen LogP contribution in [0, 0.1) is 11.6 Å². The largest absolute Gasteiger partial charge is 0.489 e. The van der Waals surface area contributed by atoms with Crippen molar-refractivity contribution in [2.24, 2.45) is 0 Å². The van der Waals surface area contributed by atoms with Crippen LogP contribution in [-0.4, -0.2) is 34.9 Å². The minimum atomic E-state index is -1.83. The van der Waals surface area contributed by atoms with Crippen LogP contribution in [0.5, 0.6) is 5.75 Å². The molecule has 194 valence electrons. The first-order valence-electron chi connectivity index (χ1n) is 11.7. The number of aromatic nitrogens is 6. The van der Waals surface area contributed by atoms with Crippen molar-refractivity contribution >= 4 is 11.6 Å². The monoisotopic (exact) mass is 536 g/mol. The highest BCUT2D eigenvalue weighted by Gasteiger charge is 2.41. The molecule has 0 saturated heterocycles. The van der Waals surface area contributed by atoms with E-state index in [4.69, 9.17) is 16.3 Å². The van der Waals surface area contributed by atoms with Crippen LogP contribution in [0.4, 0.5) is 8.78 Å². The van der Waals surface area contributed by atoms with Crippen LogP contribution in [0.25, 0.3) is 5.69 Å². The smallest absolute Gasteiger partial charge is 0.137 e. The molecule has 0 fully saturated rings. The van der Waals surface area contributed by atoms with E-state index in [1.807, 2.05) is 48.5 Å². The Labute approximate surface area is 222 Å². The Hall–Kier alpha value is -4.15. The second-order valence-electron chi connectivity index (χ2n) is 8.86. The number of benzene rings is 3. The predicted molar refractivity (Wildman–Crippen MR) is 136 cm³/mol. The van der Waals surface area contributed by atoms with E-state index in [-0.39, 0.29) is 12.1 Å². The summed E-state index contributed by atoms with van der Waals surface area (Å²) in [5, 5.41) is 24.9. The molecule has 5 aromatic rings. The van der Waals surface area contributed by atoms with E-state index in [1.165, 1.54) is 23.4 Å². The van der Waals surface area contributed by atoms with Crippen molar-refractivity contribution in [2.45, 2.75) is 31.6 Å². The van der Waals surface area contributed by atoms with Gasteiger partial charge in [0.05, 0.1) is 24.1 Å². The van der Waals surface area contributed by atoms with Crippen LogP contribution in [0.3, 0.4) is 0 Å². The van der Waals surface area contributed by atoms with E-state index in [0.717, 1.165) is 17.7 Å². The molecule has 8 nitrogen and oxygen atoms in total. The third-order valence-electron chi connectivity index (χ3n) is 6.36. The maximum Gasteiger partial charge on any atom is 0.137 e. The molecule has 0 aliphatic heterocycles. The number of hydrogen-bond acceptors (Lipinski definition) is 6. The first-order valence-corrected chi connectivity index (χ1v) is 12.1. The number of nitrogens with zero attached hydrogens (tertiary/aromatic N) is 6. The molecule has 0 unspecified atom stereocenters. The highest BCUT2D eigenvalue weighted by Crippen LogP contribution is 2.39. The van der Waals surface area contributed by atoms with Crippen molar-refractivity contribution in [3.8, 4) is 11.4 Å². The summed E-state index contributed by atoms with van der Waals surface area (Å²) in [5.74, 6) is -1.69. The Morgan fingerprint density at radius 3 is 2.50 bits per heavy atom. The van der Waals surface area contributed by atoms with Crippen molar-refractivity contribution in [3.05, 3.63) is 119 Å². The summed E-state index contributed by atoms with van der Waals surface area (Å²) >= 11 is 5.92. The summed E-state index contributed by atoms with van der Waals surface area (Å²) in [6.07, 6.45) is 4.37. The lowest BCUT2D eigenvalue weighted by atomic mass is 9.80. The lowest BCUT2D eigenvalue weighted by Crippen LogP contribution is -2.38. The number of rotatable bonds is 9. The molecule has 5 rings (SSSR count). The van der Waals surface area contributed by atoms with Gasteiger partial charge in [0.2, 0.25) is 0 Å². The van der Waals surface area contributed by atoms with E-state index >= 15 is 0 Å². The van der Waals surface area contributed by atoms with Gasteiger partial charge in [-0.15, -0.1) is 5.10 Å². The Balaban J connectivity index is 1.36. The molecule has 0 radical (unpaired) electrons. The summed E-state index contributed by atoms with van der Waals surface area (Å²) < 4.78 is 37.2. The SMILES string of the molecule is C[C@@H](c1cn(-c2ccc(OCc3ccc(Cl)cc3)cc2)nn1)[C@](O)(Cn1cncn1)c1ccc(F)cc1F. The minimum absolute atomic E-state index is 0.0846. The van der Waals surface area contributed by atoms with Crippen LogP contribution >= 0.6 is 11.6 Å². The van der Waals surface area contributed by atoms with Gasteiger partial charge < -0.3 is 9.84 Å². The van der Waals surface area contributed by atoms with Crippen molar-refractivity contribution in [3.63, 3.8) is 0 Å². The highest BCUT2D eigenvalue weighted by atomic mass is 35.5. The average Bonchev–Trinajstić information content (AvgIpc) is 3.61. The summed E-state index contributed by atoms with van der Waals surface area (Å²) in [6, 6.07) is 17.7. The second-order valence-corrected chi connectivity index (χ2v) is 9.30. The van der Waals surface area contributed by atoms with Crippen LogP contribution in [0.2, 0.25) is 5.02 Å². The van der Waals surface area contributed by atoms with Gasteiger partial charge in [0, 0.05) is 22.6 Å². The van der Waals surface area contributed by atoms with Crippen LogP contribution < -0.4 is 4.74 Å². The Morgan fingerprint density at radius 2 is 1.82 bits per heavy atom. The Kier molecular flexibility index (Phi) is 7.17. The van der Waals surface area contributed by atoms with Crippen molar-refractivity contribution in [1.82, 2.24) is 29.8 Å². The Bertz CT molecular complexity index is 1510. The zero-order chi connectivity index (χ0) is 26.7. The predicted octanol–water partition coefficient (Wildman–Crippen LogP) is 5.06. The number of hydrogen-bond donors (Lipinski definition) is 1. The molecular weight excluding hydrogens is 514 g/mol. The van der Waals surface area contributed by atoms with Gasteiger partial charge in [-0.2, -0.15) is 5.10 Å². The highest BCUT2D eigenvalue weighted by molar-refractivity contribution is 6.30. The third kappa shape index (κ3) is 5.41. The van der Waals surface area contributed by atoms with Gasteiger partial charge in [0.15, 0.2) is 0 Å². The molecule has 0 aliphatic rings. The summed E-state index contributed by atoms with van der Waals surface area (Å²) in [7, 11) is 0. The number of halogens is 3. The molecule has 0 saturated carbocycles. The molecule has 38 heavy (non-hydrogen) atoms. The Morgan fingerprint density at radius 1 is 1.05 bits per heavy atom. The lowest BCUT2D eigenvalue weighted by Gasteiger charge is -2.33. The van der Waals surface area contributed by atoms with E-state index in [9.17, 15) is 13.9 Å². The molecule has 11 heteroatoms. The van der Waals surface area contributed by atoms with Gasteiger partial charge in [-0.25, -0.2) is 23.1 Å². The standard InChI is InChI=1S/C27H23ClF2N6O2/c1-18(27(37,15-35-17-31-16-32-35)24-11-6-21(29)12-25(24)30)26-13-36(34-33-26)22-7-9-23(10-8-22)38-14-19-2-4-20(28)5-3-19/h2-13,16-18,37H,14-15H2,1H3/t18-,27+/m0/s1. The fourth-order valence-corrected chi connectivity index (χ4v) is 4.27. The molecule has 0 amide bonds. The first-order chi connectivity index (χ1) is 18.3. The zero-order valence-corrected chi connectivity index (χ0v) is 21.0. The molecule has 3 aromatic carbocycles. The molecule has 0 spiro atoms. The number of aliphatic hydroxyl groups is 1. The summed E-state index contributed by atoms with van der Waals surface area (Å²) in [5.41, 5.74) is 0.191. The van der Waals surface area contributed by atoms with E-state index in [1.54, 1.807) is 17.8 Å². The van der Waals surface area contributed by atoms with Crippen LogP contribution in [0.1, 0.15) is 29.7 Å². The molecule has 0 aliphatic carbocycles.